The van der Waals surface area contributed by atoms with Crippen LogP contribution in [0.3, 0.4) is 0 Å². The van der Waals surface area contributed by atoms with Crippen LogP contribution >= 0.6 is 0 Å². The van der Waals surface area contributed by atoms with E-state index in [9.17, 15) is 14.4 Å². The van der Waals surface area contributed by atoms with Gasteiger partial charge in [0.2, 0.25) is 11.8 Å². The Kier molecular flexibility index (Phi) is 3.96. The molecule has 2 heterocycles. The van der Waals surface area contributed by atoms with Gasteiger partial charge in [0, 0.05) is 19.5 Å². The lowest BCUT2D eigenvalue weighted by Gasteiger charge is -2.23. The highest BCUT2D eigenvalue weighted by Crippen LogP contribution is 2.13. The summed E-state index contributed by atoms with van der Waals surface area (Å²) in [5, 5.41) is 5.93. The lowest BCUT2D eigenvalue weighted by Crippen LogP contribution is -2.44. The van der Waals surface area contributed by atoms with Crippen LogP contribution in [0.5, 0.6) is 0 Å². The first-order chi connectivity index (χ1) is 8.58. The van der Waals surface area contributed by atoms with Crippen LogP contribution in [0, 0.1) is 0 Å². The molecule has 0 saturated carbocycles. The van der Waals surface area contributed by atoms with Gasteiger partial charge in [-0.25, -0.2) is 0 Å². The molecule has 2 unspecified atom stereocenters. The molecule has 0 radical (unpaired) electrons. The maximum absolute atomic E-state index is 11.8. The lowest BCUT2D eigenvalue weighted by atomic mass is 10.0. The third-order valence-electron chi connectivity index (χ3n) is 3.56. The Morgan fingerprint density at radius 3 is 2.78 bits per heavy atom. The predicted molar refractivity (Wildman–Crippen MR) is 64.6 cm³/mol. The zero-order chi connectivity index (χ0) is 13.1. The number of carbonyl (C=O) groups is 3. The minimum atomic E-state index is -0.668. The second-order valence-corrected chi connectivity index (χ2v) is 4.97. The van der Waals surface area contributed by atoms with Gasteiger partial charge in [-0.05, 0) is 19.4 Å². The molecular formula is C12H19N3O3. The van der Waals surface area contributed by atoms with Gasteiger partial charge in [0.05, 0.1) is 6.42 Å². The van der Waals surface area contributed by atoms with Crippen LogP contribution in [0.15, 0.2) is 0 Å². The molecule has 0 spiro atoms. The first-order valence-electron chi connectivity index (χ1n) is 6.41. The van der Waals surface area contributed by atoms with Gasteiger partial charge in [-0.2, -0.15) is 0 Å². The third kappa shape index (κ3) is 2.87. The molecule has 2 fully saturated rings. The van der Waals surface area contributed by atoms with Gasteiger partial charge >= 0.3 is 0 Å². The van der Waals surface area contributed by atoms with E-state index < -0.39 is 6.04 Å². The molecule has 100 valence electrons. The summed E-state index contributed by atoms with van der Waals surface area (Å²) < 4.78 is 0. The highest BCUT2D eigenvalue weighted by Gasteiger charge is 2.37. The number of likely N-dealkylation sites (tertiary alicyclic amines) is 1. The van der Waals surface area contributed by atoms with E-state index in [-0.39, 0.29) is 30.2 Å². The second-order valence-electron chi connectivity index (χ2n) is 4.97. The van der Waals surface area contributed by atoms with Crippen molar-refractivity contribution >= 4 is 17.7 Å². The van der Waals surface area contributed by atoms with Crippen LogP contribution in [0.1, 0.15) is 32.1 Å². The van der Waals surface area contributed by atoms with Crippen molar-refractivity contribution in [2.24, 2.45) is 0 Å². The SMILES string of the molecule is CN1C(=O)CC(NC(=O)CC2CCCCN2)C1=O. The van der Waals surface area contributed by atoms with Crippen molar-refractivity contribution in [3.8, 4) is 0 Å². The van der Waals surface area contributed by atoms with E-state index in [1.54, 1.807) is 0 Å². The van der Waals surface area contributed by atoms with Gasteiger partial charge < -0.3 is 10.6 Å². The molecule has 2 aliphatic rings. The van der Waals surface area contributed by atoms with Crippen molar-refractivity contribution < 1.29 is 14.4 Å². The number of rotatable bonds is 3. The van der Waals surface area contributed by atoms with E-state index in [0.29, 0.717) is 6.42 Å². The van der Waals surface area contributed by atoms with Crippen LogP contribution in [0.4, 0.5) is 0 Å². The van der Waals surface area contributed by atoms with Crippen molar-refractivity contribution in [1.82, 2.24) is 15.5 Å². The van der Waals surface area contributed by atoms with Gasteiger partial charge in [-0.1, -0.05) is 6.42 Å². The molecule has 2 atom stereocenters. The molecule has 3 amide bonds. The van der Waals surface area contributed by atoms with E-state index in [1.165, 1.54) is 7.05 Å². The first kappa shape index (κ1) is 13.0. The van der Waals surface area contributed by atoms with Gasteiger partial charge in [0.25, 0.3) is 5.91 Å². The summed E-state index contributed by atoms with van der Waals surface area (Å²) >= 11 is 0. The Morgan fingerprint density at radius 1 is 1.44 bits per heavy atom. The summed E-state index contributed by atoms with van der Waals surface area (Å²) in [6.07, 6.45) is 3.73. The van der Waals surface area contributed by atoms with Crippen molar-refractivity contribution in [2.75, 3.05) is 13.6 Å². The van der Waals surface area contributed by atoms with Crippen molar-refractivity contribution in [1.29, 1.82) is 0 Å². The van der Waals surface area contributed by atoms with Gasteiger partial charge in [-0.15, -0.1) is 0 Å². The Morgan fingerprint density at radius 2 is 2.22 bits per heavy atom. The molecule has 0 aromatic heterocycles. The lowest BCUT2D eigenvalue weighted by molar-refractivity contribution is -0.138. The van der Waals surface area contributed by atoms with Crippen molar-refractivity contribution in [3.63, 3.8) is 0 Å². The molecule has 2 rings (SSSR count). The standard InChI is InChI=1S/C12H19N3O3/c1-15-11(17)7-9(12(15)18)14-10(16)6-8-4-2-3-5-13-8/h8-9,13H,2-7H2,1H3,(H,14,16). The summed E-state index contributed by atoms with van der Waals surface area (Å²) in [4.78, 5) is 35.8. The van der Waals surface area contributed by atoms with Crippen molar-refractivity contribution in [2.45, 2.75) is 44.2 Å². The molecule has 0 aromatic carbocycles. The summed E-state index contributed by atoms with van der Waals surface area (Å²) in [5.41, 5.74) is 0. The van der Waals surface area contributed by atoms with Crippen LogP contribution < -0.4 is 10.6 Å². The summed E-state index contributed by atoms with van der Waals surface area (Å²) in [5.74, 6) is -0.707. The molecule has 2 saturated heterocycles. The van der Waals surface area contributed by atoms with E-state index in [4.69, 9.17) is 0 Å². The minimum Gasteiger partial charge on any atom is -0.344 e. The van der Waals surface area contributed by atoms with Crippen LogP contribution in [0.2, 0.25) is 0 Å². The van der Waals surface area contributed by atoms with E-state index in [2.05, 4.69) is 10.6 Å². The van der Waals surface area contributed by atoms with E-state index in [1.807, 2.05) is 0 Å². The molecule has 2 N–H and O–H groups in total. The largest absolute Gasteiger partial charge is 0.344 e. The zero-order valence-corrected chi connectivity index (χ0v) is 10.6. The normalized spacial score (nSPS) is 28.6. The summed E-state index contributed by atoms with van der Waals surface area (Å²) in [7, 11) is 1.44. The topological polar surface area (TPSA) is 78.5 Å². The molecular weight excluding hydrogens is 234 g/mol. The molecule has 0 bridgehead atoms. The molecule has 2 aliphatic heterocycles. The average Bonchev–Trinajstić information content (AvgIpc) is 2.58. The number of hydrogen-bond acceptors (Lipinski definition) is 4. The number of hydrogen-bond donors (Lipinski definition) is 2. The highest BCUT2D eigenvalue weighted by atomic mass is 16.2. The molecule has 6 heteroatoms. The number of carbonyl (C=O) groups excluding carboxylic acids is 3. The first-order valence-corrected chi connectivity index (χ1v) is 6.41. The second kappa shape index (κ2) is 5.48. The van der Waals surface area contributed by atoms with E-state index >= 15 is 0 Å². The number of likely N-dealkylation sites (N-methyl/N-ethyl adjacent to an activating group) is 1. The Balaban J connectivity index is 1.80. The number of nitrogens with zero attached hydrogens (tertiary/aromatic N) is 1. The predicted octanol–water partition coefficient (Wildman–Crippen LogP) is -0.608. The number of piperidine rings is 1. The summed E-state index contributed by atoms with van der Waals surface area (Å²) in [6, 6.07) is -0.470. The maximum Gasteiger partial charge on any atom is 0.252 e. The van der Waals surface area contributed by atoms with Crippen molar-refractivity contribution in [3.05, 3.63) is 0 Å². The maximum atomic E-state index is 11.8. The fourth-order valence-electron chi connectivity index (χ4n) is 2.44. The average molecular weight is 253 g/mol. The monoisotopic (exact) mass is 253 g/mol. The number of nitrogens with one attached hydrogen (secondary N) is 2. The zero-order valence-electron chi connectivity index (χ0n) is 10.6. The molecule has 0 aliphatic carbocycles. The van der Waals surface area contributed by atoms with Gasteiger partial charge in [-0.3, -0.25) is 19.3 Å². The fourth-order valence-corrected chi connectivity index (χ4v) is 2.44. The Hall–Kier alpha value is -1.43. The molecule has 18 heavy (non-hydrogen) atoms. The van der Waals surface area contributed by atoms with Gasteiger partial charge in [0.1, 0.15) is 6.04 Å². The highest BCUT2D eigenvalue weighted by molar-refractivity contribution is 6.06. The number of amides is 3. The van der Waals surface area contributed by atoms with Crippen LogP contribution in [-0.2, 0) is 14.4 Å². The van der Waals surface area contributed by atoms with Gasteiger partial charge in [0.15, 0.2) is 0 Å². The number of imide groups is 1. The minimum absolute atomic E-state index is 0.0825. The van der Waals surface area contributed by atoms with Crippen LogP contribution in [-0.4, -0.2) is 48.3 Å². The smallest absolute Gasteiger partial charge is 0.252 e. The fraction of sp³-hybridized carbons (Fsp3) is 0.750. The molecule has 0 aromatic rings. The quantitative estimate of drug-likeness (QED) is 0.658. The summed E-state index contributed by atoms with van der Waals surface area (Å²) in [6.45, 7) is 0.946. The van der Waals surface area contributed by atoms with E-state index in [0.717, 1.165) is 30.7 Å². The Bertz CT molecular complexity index is 364. The Labute approximate surface area is 106 Å². The third-order valence-corrected chi connectivity index (χ3v) is 3.56. The van der Waals surface area contributed by atoms with Crippen LogP contribution in [0.25, 0.3) is 0 Å². The molecule has 6 nitrogen and oxygen atoms in total.